The van der Waals surface area contributed by atoms with Gasteiger partial charge in [-0.2, -0.15) is 0 Å². The quantitative estimate of drug-likeness (QED) is 0.628. The average Bonchev–Trinajstić information content (AvgIpc) is 2.32. The molecular weight excluding hydrogens is 152 g/mol. The molecule has 4 heteroatoms. The van der Waals surface area contributed by atoms with Gasteiger partial charge in [0.1, 0.15) is 6.33 Å². The first kappa shape index (κ1) is 9.03. The summed E-state index contributed by atoms with van der Waals surface area (Å²) >= 11 is 0. The number of nitrogens with zero attached hydrogens (tertiary/aromatic N) is 4. The average molecular weight is 168 g/mol. The summed E-state index contributed by atoms with van der Waals surface area (Å²) in [5.41, 5.74) is 0.0708. The van der Waals surface area contributed by atoms with E-state index in [2.05, 4.69) is 30.9 Å². The largest absolute Gasteiger partial charge is 0.338 e. The lowest BCUT2D eigenvalue weighted by atomic mass is 10.1. The molecule has 0 aromatic carbocycles. The van der Waals surface area contributed by atoms with Gasteiger partial charge in [-0.1, -0.05) is 0 Å². The van der Waals surface area contributed by atoms with Crippen LogP contribution in [0.3, 0.4) is 0 Å². The summed E-state index contributed by atoms with van der Waals surface area (Å²) in [6.45, 7) is 6.38. The van der Waals surface area contributed by atoms with Gasteiger partial charge in [-0.05, 0) is 20.8 Å². The van der Waals surface area contributed by atoms with Gasteiger partial charge in [-0.15, -0.1) is 5.10 Å². The maximum atomic E-state index is 4.21. The highest BCUT2D eigenvalue weighted by atomic mass is 15.4. The summed E-state index contributed by atoms with van der Waals surface area (Å²) in [5, 5.41) is 4.21. The second-order valence-electron chi connectivity index (χ2n) is 3.95. The first-order valence-electron chi connectivity index (χ1n) is 4.01. The van der Waals surface area contributed by atoms with Gasteiger partial charge in [0.25, 0.3) is 0 Å². The Balaban J connectivity index is 2.85. The molecule has 0 saturated carbocycles. The molecule has 0 radical (unpaired) electrons. The van der Waals surface area contributed by atoms with Crippen molar-refractivity contribution in [2.24, 2.45) is 7.05 Å². The first-order chi connectivity index (χ1) is 5.41. The molecule has 0 saturated heterocycles. The fourth-order valence-electron chi connectivity index (χ4n) is 0.782. The van der Waals surface area contributed by atoms with E-state index >= 15 is 0 Å². The van der Waals surface area contributed by atoms with Crippen LogP contribution in [0.5, 0.6) is 0 Å². The molecule has 1 aromatic heterocycles. The Labute approximate surface area is 73.2 Å². The third kappa shape index (κ3) is 1.75. The van der Waals surface area contributed by atoms with Crippen LogP contribution in [-0.2, 0) is 7.05 Å². The highest BCUT2D eigenvalue weighted by molar-refractivity contribution is 5.29. The summed E-state index contributed by atoms with van der Waals surface area (Å²) in [6.07, 6.45) is 1.71. The van der Waals surface area contributed by atoms with Crippen molar-refractivity contribution in [3.63, 3.8) is 0 Å². The van der Waals surface area contributed by atoms with E-state index in [-0.39, 0.29) is 5.54 Å². The van der Waals surface area contributed by atoms with Gasteiger partial charge in [-0.25, -0.2) is 4.98 Å². The van der Waals surface area contributed by atoms with Gasteiger partial charge in [0.15, 0.2) is 0 Å². The Hall–Kier alpha value is -1.06. The molecule has 0 atom stereocenters. The number of hydrogen-bond donors (Lipinski definition) is 0. The van der Waals surface area contributed by atoms with Crippen LogP contribution in [0.4, 0.5) is 5.95 Å². The lowest BCUT2D eigenvalue weighted by molar-refractivity contribution is 0.527. The Morgan fingerprint density at radius 1 is 1.42 bits per heavy atom. The molecule has 0 amide bonds. The molecule has 1 rings (SSSR count). The lowest BCUT2D eigenvalue weighted by Gasteiger charge is -2.30. The van der Waals surface area contributed by atoms with Crippen molar-refractivity contribution in [2.45, 2.75) is 26.3 Å². The van der Waals surface area contributed by atoms with Crippen molar-refractivity contribution in [2.75, 3.05) is 11.9 Å². The maximum Gasteiger partial charge on any atom is 0.244 e. The van der Waals surface area contributed by atoms with Crippen LogP contribution in [0.2, 0.25) is 0 Å². The van der Waals surface area contributed by atoms with Crippen LogP contribution < -0.4 is 4.90 Å². The van der Waals surface area contributed by atoms with Gasteiger partial charge in [0.05, 0.1) is 0 Å². The SMILES string of the molecule is CN(c1ncn(C)n1)C(C)(C)C. The van der Waals surface area contributed by atoms with E-state index in [4.69, 9.17) is 0 Å². The maximum absolute atomic E-state index is 4.21. The minimum atomic E-state index is 0.0708. The molecule has 0 aliphatic rings. The summed E-state index contributed by atoms with van der Waals surface area (Å²) in [5.74, 6) is 0.769. The van der Waals surface area contributed by atoms with Crippen molar-refractivity contribution >= 4 is 5.95 Å². The van der Waals surface area contributed by atoms with E-state index in [0.717, 1.165) is 5.95 Å². The van der Waals surface area contributed by atoms with Gasteiger partial charge in [0, 0.05) is 19.6 Å². The number of rotatable bonds is 1. The third-order valence-electron chi connectivity index (χ3n) is 1.89. The predicted octanol–water partition coefficient (Wildman–Crippen LogP) is 1.05. The fraction of sp³-hybridized carbons (Fsp3) is 0.750. The highest BCUT2D eigenvalue weighted by Gasteiger charge is 2.19. The molecule has 1 aromatic rings. The molecule has 0 bridgehead atoms. The highest BCUT2D eigenvalue weighted by Crippen LogP contribution is 2.16. The van der Waals surface area contributed by atoms with Crippen LogP contribution in [0.1, 0.15) is 20.8 Å². The Morgan fingerprint density at radius 3 is 2.33 bits per heavy atom. The molecule has 0 fully saturated rings. The van der Waals surface area contributed by atoms with Crippen molar-refractivity contribution in [3.8, 4) is 0 Å². The lowest BCUT2D eigenvalue weighted by Crippen LogP contribution is -2.38. The summed E-state index contributed by atoms with van der Waals surface area (Å²) in [6, 6.07) is 0. The van der Waals surface area contributed by atoms with Gasteiger partial charge in [0.2, 0.25) is 5.95 Å². The minimum absolute atomic E-state index is 0.0708. The number of anilines is 1. The number of hydrogen-bond acceptors (Lipinski definition) is 3. The Morgan fingerprint density at radius 2 is 2.00 bits per heavy atom. The van der Waals surface area contributed by atoms with Gasteiger partial charge < -0.3 is 4.90 Å². The van der Waals surface area contributed by atoms with E-state index in [9.17, 15) is 0 Å². The van der Waals surface area contributed by atoms with Crippen molar-refractivity contribution in [1.29, 1.82) is 0 Å². The molecule has 0 N–H and O–H groups in total. The Kier molecular flexibility index (Phi) is 2.08. The van der Waals surface area contributed by atoms with Gasteiger partial charge >= 0.3 is 0 Å². The third-order valence-corrected chi connectivity index (χ3v) is 1.89. The van der Waals surface area contributed by atoms with Crippen LogP contribution in [0.15, 0.2) is 6.33 Å². The standard InChI is InChI=1S/C8H16N4/c1-8(2,3)12(5)7-9-6-11(4)10-7/h6H,1-5H3. The molecule has 12 heavy (non-hydrogen) atoms. The van der Waals surface area contributed by atoms with Gasteiger partial charge in [-0.3, -0.25) is 4.68 Å². The molecule has 1 heterocycles. The smallest absolute Gasteiger partial charge is 0.244 e. The molecule has 0 aliphatic carbocycles. The number of aromatic nitrogens is 3. The fourth-order valence-corrected chi connectivity index (χ4v) is 0.782. The van der Waals surface area contributed by atoms with Crippen molar-refractivity contribution in [1.82, 2.24) is 14.8 Å². The Bertz CT molecular complexity index is 258. The molecule has 0 aliphatic heterocycles. The van der Waals surface area contributed by atoms with E-state index < -0.39 is 0 Å². The topological polar surface area (TPSA) is 34.0 Å². The molecule has 0 unspecified atom stereocenters. The van der Waals surface area contributed by atoms with Crippen LogP contribution in [0, 0.1) is 0 Å². The van der Waals surface area contributed by atoms with Crippen LogP contribution >= 0.6 is 0 Å². The zero-order valence-electron chi connectivity index (χ0n) is 8.37. The summed E-state index contributed by atoms with van der Waals surface area (Å²) in [4.78, 5) is 6.21. The van der Waals surface area contributed by atoms with Crippen molar-refractivity contribution < 1.29 is 0 Å². The normalized spacial score (nSPS) is 11.8. The van der Waals surface area contributed by atoms with Crippen molar-refractivity contribution in [3.05, 3.63) is 6.33 Å². The van der Waals surface area contributed by atoms with Crippen LogP contribution in [0.25, 0.3) is 0 Å². The monoisotopic (exact) mass is 168 g/mol. The van der Waals surface area contributed by atoms with Crippen LogP contribution in [-0.4, -0.2) is 27.4 Å². The second-order valence-corrected chi connectivity index (χ2v) is 3.95. The zero-order valence-corrected chi connectivity index (χ0v) is 8.37. The zero-order chi connectivity index (χ0) is 9.35. The van der Waals surface area contributed by atoms with E-state index in [0.29, 0.717) is 0 Å². The number of aryl methyl sites for hydroxylation is 1. The molecule has 0 spiro atoms. The van der Waals surface area contributed by atoms with E-state index in [1.54, 1.807) is 11.0 Å². The summed E-state index contributed by atoms with van der Waals surface area (Å²) in [7, 11) is 3.86. The molecular formula is C8H16N4. The van der Waals surface area contributed by atoms with E-state index in [1.807, 2.05) is 19.0 Å². The first-order valence-corrected chi connectivity index (χ1v) is 4.01. The van der Waals surface area contributed by atoms with E-state index in [1.165, 1.54) is 0 Å². The minimum Gasteiger partial charge on any atom is -0.338 e. The molecule has 68 valence electrons. The second kappa shape index (κ2) is 2.77. The molecule has 4 nitrogen and oxygen atoms in total. The predicted molar refractivity (Wildman–Crippen MR) is 49.2 cm³/mol. The summed E-state index contributed by atoms with van der Waals surface area (Å²) < 4.78 is 1.71.